The number of ether oxygens (including phenoxy) is 1. The van der Waals surface area contributed by atoms with E-state index in [1.807, 2.05) is 0 Å². The van der Waals surface area contributed by atoms with E-state index in [2.05, 4.69) is 9.72 Å². The second-order valence-corrected chi connectivity index (χ2v) is 2.63. The molecule has 4 nitrogen and oxygen atoms in total. The van der Waals surface area contributed by atoms with Crippen LogP contribution < -0.4 is 10.5 Å². The Morgan fingerprint density at radius 1 is 1.38 bits per heavy atom. The number of alkyl halides is 5. The maximum Gasteiger partial charge on any atom is 0.574 e. The lowest BCUT2D eigenvalue weighted by Crippen LogP contribution is -2.18. The standard InChI is InChI=1S/C7H5F5N2O2/c8-5(9)2-1-3(16-7(10,11)12)14-6(13)4(2)15/h1,5,15H,(H2,13,14). The Morgan fingerprint density at radius 2 is 1.94 bits per heavy atom. The molecule has 0 bridgehead atoms. The number of nitrogens with two attached hydrogens (primary N) is 1. The van der Waals surface area contributed by atoms with Gasteiger partial charge in [-0.15, -0.1) is 13.2 Å². The van der Waals surface area contributed by atoms with Gasteiger partial charge in [-0.05, 0) is 0 Å². The molecule has 0 unspecified atom stereocenters. The van der Waals surface area contributed by atoms with Gasteiger partial charge in [-0.1, -0.05) is 0 Å². The van der Waals surface area contributed by atoms with Crippen LogP contribution in [-0.4, -0.2) is 16.5 Å². The first kappa shape index (κ1) is 12.3. The van der Waals surface area contributed by atoms with Crippen LogP contribution in [0.3, 0.4) is 0 Å². The van der Waals surface area contributed by atoms with Crippen molar-refractivity contribution < 1.29 is 31.8 Å². The van der Waals surface area contributed by atoms with Gasteiger partial charge >= 0.3 is 6.36 Å². The largest absolute Gasteiger partial charge is 0.574 e. The van der Waals surface area contributed by atoms with Crippen molar-refractivity contribution in [3.63, 3.8) is 0 Å². The molecule has 0 atom stereocenters. The summed E-state index contributed by atoms with van der Waals surface area (Å²) in [5, 5.41) is 8.99. The molecule has 0 aromatic carbocycles. The summed E-state index contributed by atoms with van der Waals surface area (Å²) in [6, 6.07) is 0.268. The second kappa shape index (κ2) is 3.99. The lowest BCUT2D eigenvalue weighted by Gasteiger charge is -2.11. The van der Waals surface area contributed by atoms with Gasteiger partial charge in [-0.3, -0.25) is 0 Å². The first-order chi connectivity index (χ1) is 7.20. The molecule has 0 radical (unpaired) electrons. The molecule has 90 valence electrons. The summed E-state index contributed by atoms with van der Waals surface area (Å²) in [4.78, 5) is 2.95. The Hall–Kier alpha value is -1.80. The van der Waals surface area contributed by atoms with Crippen LogP contribution in [0.5, 0.6) is 11.6 Å². The molecule has 9 heteroatoms. The van der Waals surface area contributed by atoms with Crippen molar-refractivity contribution in [2.45, 2.75) is 12.8 Å². The van der Waals surface area contributed by atoms with Crippen molar-refractivity contribution in [1.82, 2.24) is 4.98 Å². The Balaban J connectivity index is 3.14. The number of aromatic hydroxyl groups is 1. The molecule has 0 aliphatic carbocycles. The number of halogens is 5. The number of pyridine rings is 1. The highest BCUT2D eigenvalue weighted by Crippen LogP contribution is 2.35. The highest BCUT2D eigenvalue weighted by molar-refractivity contribution is 5.52. The number of hydrogen-bond acceptors (Lipinski definition) is 4. The Kier molecular flexibility index (Phi) is 3.06. The molecule has 1 rings (SSSR count). The van der Waals surface area contributed by atoms with Crippen molar-refractivity contribution in [2.24, 2.45) is 0 Å². The fourth-order valence-corrected chi connectivity index (χ4v) is 0.890. The van der Waals surface area contributed by atoms with E-state index in [9.17, 15) is 22.0 Å². The number of rotatable bonds is 2. The van der Waals surface area contributed by atoms with E-state index in [4.69, 9.17) is 10.8 Å². The molecule has 0 aliphatic rings. The van der Waals surface area contributed by atoms with E-state index in [0.29, 0.717) is 0 Å². The predicted molar refractivity (Wildman–Crippen MR) is 42.0 cm³/mol. The van der Waals surface area contributed by atoms with Crippen LogP contribution in [0.4, 0.5) is 27.8 Å². The van der Waals surface area contributed by atoms with Gasteiger partial charge in [0.2, 0.25) is 5.88 Å². The van der Waals surface area contributed by atoms with Crippen molar-refractivity contribution in [1.29, 1.82) is 0 Å². The number of hydrogen-bond donors (Lipinski definition) is 2. The first-order valence-electron chi connectivity index (χ1n) is 3.74. The molecule has 0 fully saturated rings. The molecule has 3 N–H and O–H groups in total. The molecule has 0 amide bonds. The van der Waals surface area contributed by atoms with Gasteiger partial charge in [0, 0.05) is 6.07 Å². The average Bonchev–Trinajstić information content (AvgIpc) is 2.07. The summed E-state index contributed by atoms with van der Waals surface area (Å²) in [6.45, 7) is 0. The smallest absolute Gasteiger partial charge is 0.504 e. The van der Waals surface area contributed by atoms with E-state index < -0.39 is 35.8 Å². The normalized spacial score (nSPS) is 11.9. The summed E-state index contributed by atoms with van der Waals surface area (Å²) in [5.41, 5.74) is 3.86. The molecule has 0 spiro atoms. The van der Waals surface area contributed by atoms with E-state index in [1.165, 1.54) is 0 Å². The van der Waals surface area contributed by atoms with Crippen molar-refractivity contribution >= 4 is 5.82 Å². The van der Waals surface area contributed by atoms with E-state index in [-0.39, 0.29) is 6.07 Å². The third kappa shape index (κ3) is 2.84. The fraction of sp³-hybridized carbons (Fsp3) is 0.286. The Bertz CT molecular complexity index is 393. The number of nitrogen functional groups attached to an aromatic ring is 1. The lowest BCUT2D eigenvalue weighted by molar-refractivity contribution is -0.276. The van der Waals surface area contributed by atoms with Crippen LogP contribution in [0.15, 0.2) is 6.07 Å². The Morgan fingerprint density at radius 3 is 2.38 bits per heavy atom. The highest BCUT2D eigenvalue weighted by atomic mass is 19.4. The summed E-state index contributed by atoms with van der Waals surface area (Å²) in [6.07, 6.45) is -8.27. The zero-order valence-corrected chi connectivity index (χ0v) is 7.42. The van der Waals surface area contributed by atoms with Crippen LogP contribution in [-0.2, 0) is 0 Å². The van der Waals surface area contributed by atoms with Gasteiger partial charge in [0.05, 0.1) is 5.56 Å². The van der Waals surface area contributed by atoms with Gasteiger partial charge in [0.15, 0.2) is 11.6 Å². The van der Waals surface area contributed by atoms with Crippen molar-refractivity contribution in [3.8, 4) is 11.6 Å². The molecule has 16 heavy (non-hydrogen) atoms. The quantitative estimate of drug-likeness (QED) is 0.782. The SMILES string of the molecule is Nc1nc(OC(F)(F)F)cc(C(F)F)c1O. The zero-order chi connectivity index (χ0) is 12.5. The minimum Gasteiger partial charge on any atom is -0.504 e. The van der Waals surface area contributed by atoms with Crippen LogP contribution in [0.2, 0.25) is 0 Å². The van der Waals surface area contributed by atoms with E-state index in [0.717, 1.165) is 0 Å². The first-order valence-corrected chi connectivity index (χ1v) is 3.74. The van der Waals surface area contributed by atoms with Crippen molar-refractivity contribution in [3.05, 3.63) is 11.6 Å². The maximum atomic E-state index is 12.2. The lowest BCUT2D eigenvalue weighted by atomic mass is 10.2. The summed E-state index contributed by atoms with van der Waals surface area (Å²) >= 11 is 0. The number of nitrogens with zero attached hydrogens (tertiary/aromatic N) is 1. The number of aromatic nitrogens is 1. The van der Waals surface area contributed by atoms with E-state index >= 15 is 0 Å². The van der Waals surface area contributed by atoms with Crippen LogP contribution in [0.1, 0.15) is 12.0 Å². The van der Waals surface area contributed by atoms with E-state index in [1.54, 1.807) is 0 Å². The van der Waals surface area contributed by atoms with Crippen LogP contribution >= 0.6 is 0 Å². The third-order valence-corrected chi connectivity index (χ3v) is 1.48. The topological polar surface area (TPSA) is 68.4 Å². The van der Waals surface area contributed by atoms with Crippen LogP contribution in [0.25, 0.3) is 0 Å². The minimum absolute atomic E-state index is 0.268. The molecule has 0 saturated heterocycles. The molecular weight excluding hydrogens is 239 g/mol. The van der Waals surface area contributed by atoms with Gasteiger partial charge in [-0.2, -0.15) is 4.98 Å². The van der Waals surface area contributed by atoms with Crippen LogP contribution in [0, 0.1) is 0 Å². The summed E-state index contributed by atoms with van der Waals surface area (Å²) in [7, 11) is 0. The monoisotopic (exact) mass is 244 g/mol. The second-order valence-electron chi connectivity index (χ2n) is 2.63. The van der Waals surface area contributed by atoms with Gasteiger partial charge in [0.1, 0.15) is 0 Å². The third-order valence-electron chi connectivity index (χ3n) is 1.48. The molecular formula is C7H5F5N2O2. The summed E-state index contributed by atoms with van der Waals surface area (Å²) in [5.74, 6) is -3.08. The van der Waals surface area contributed by atoms with Gasteiger partial charge < -0.3 is 15.6 Å². The summed E-state index contributed by atoms with van der Waals surface area (Å²) < 4.78 is 63.0. The number of anilines is 1. The minimum atomic E-state index is -5.07. The van der Waals surface area contributed by atoms with Gasteiger partial charge in [-0.25, -0.2) is 8.78 Å². The van der Waals surface area contributed by atoms with Crippen molar-refractivity contribution in [2.75, 3.05) is 5.73 Å². The molecule has 0 aliphatic heterocycles. The average molecular weight is 244 g/mol. The molecule has 1 aromatic rings. The zero-order valence-electron chi connectivity index (χ0n) is 7.42. The molecule has 1 heterocycles. The Labute approximate surface area is 85.5 Å². The van der Waals surface area contributed by atoms with Gasteiger partial charge in [0.25, 0.3) is 6.43 Å². The predicted octanol–water partition coefficient (Wildman–Crippen LogP) is 2.21. The molecule has 0 saturated carbocycles. The fourth-order valence-electron chi connectivity index (χ4n) is 0.890. The molecule has 1 aromatic heterocycles. The maximum absolute atomic E-state index is 12.2. The highest BCUT2D eigenvalue weighted by Gasteiger charge is 2.33.